The summed E-state index contributed by atoms with van der Waals surface area (Å²) in [7, 11) is 7.81. The van der Waals surface area contributed by atoms with Gasteiger partial charge in [-0.3, -0.25) is 0 Å². The van der Waals surface area contributed by atoms with Gasteiger partial charge in [-0.2, -0.15) is 0 Å². The summed E-state index contributed by atoms with van der Waals surface area (Å²) in [6.07, 6.45) is 2.76. The Bertz CT molecular complexity index is 893. The van der Waals surface area contributed by atoms with Gasteiger partial charge in [-0.25, -0.2) is 0 Å². The number of nitrogens with zero attached hydrogens (tertiary/aromatic N) is 1. The molecule has 2 aliphatic rings. The van der Waals surface area contributed by atoms with Crippen LogP contribution in [0.1, 0.15) is 35.6 Å². The van der Waals surface area contributed by atoms with Crippen LogP contribution < -0.4 is 18.9 Å². The van der Waals surface area contributed by atoms with Crippen LogP contribution in [0.25, 0.3) is 0 Å². The number of likely N-dealkylation sites (N-methyl/N-ethyl adjacent to an activating group) is 1. The molecule has 6 heteroatoms. The molecule has 0 saturated heterocycles. The summed E-state index contributed by atoms with van der Waals surface area (Å²) in [4.78, 5) is 0. The zero-order valence-electron chi connectivity index (χ0n) is 18.3. The van der Waals surface area contributed by atoms with Gasteiger partial charge in [0.15, 0.2) is 11.5 Å². The maximum absolute atomic E-state index is 10.9. The molecule has 2 atom stereocenters. The Morgan fingerprint density at radius 3 is 2.60 bits per heavy atom. The van der Waals surface area contributed by atoms with Crippen molar-refractivity contribution in [2.75, 3.05) is 41.7 Å². The molecule has 2 aromatic rings. The van der Waals surface area contributed by atoms with E-state index < -0.39 is 6.10 Å². The molecule has 2 unspecified atom stereocenters. The number of benzene rings is 2. The summed E-state index contributed by atoms with van der Waals surface area (Å²) in [5.41, 5.74) is 3.59. The van der Waals surface area contributed by atoms with Gasteiger partial charge in [-0.1, -0.05) is 12.1 Å². The summed E-state index contributed by atoms with van der Waals surface area (Å²) in [5, 5.41) is 10.9. The second-order valence-electron chi connectivity index (χ2n) is 8.76. The smallest absolute Gasteiger partial charge is 0.231 e. The first-order valence-electron chi connectivity index (χ1n) is 10.6. The second-order valence-corrected chi connectivity index (χ2v) is 8.76. The van der Waals surface area contributed by atoms with Crippen LogP contribution in [0.4, 0.5) is 0 Å². The monoisotopic (exact) mass is 414 g/mol. The predicted molar refractivity (Wildman–Crippen MR) is 114 cm³/mol. The van der Waals surface area contributed by atoms with Crippen molar-refractivity contribution in [1.29, 1.82) is 0 Å². The van der Waals surface area contributed by atoms with Crippen LogP contribution in [0, 0.1) is 0 Å². The Hall–Kier alpha value is -2.44. The van der Waals surface area contributed by atoms with E-state index in [4.69, 9.17) is 18.9 Å². The zero-order valence-corrected chi connectivity index (χ0v) is 18.3. The molecular formula is C24H32NO5+. The first kappa shape index (κ1) is 20.8. The van der Waals surface area contributed by atoms with Crippen molar-refractivity contribution in [3.05, 3.63) is 47.0 Å². The van der Waals surface area contributed by atoms with Crippen LogP contribution in [0.3, 0.4) is 0 Å². The number of ether oxygens (including phenoxy) is 4. The van der Waals surface area contributed by atoms with Crippen LogP contribution in [0.15, 0.2) is 30.3 Å². The van der Waals surface area contributed by atoms with Crippen molar-refractivity contribution in [3.63, 3.8) is 0 Å². The van der Waals surface area contributed by atoms with Gasteiger partial charge in [0.05, 0.1) is 46.5 Å². The van der Waals surface area contributed by atoms with Gasteiger partial charge in [0, 0.05) is 12.8 Å². The molecule has 2 aliphatic heterocycles. The normalized spacial score (nSPS) is 19.8. The summed E-state index contributed by atoms with van der Waals surface area (Å²) >= 11 is 0. The van der Waals surface area contributed by atoms with Gasteiger partial charge in [0.1, 0.15) is 11.8 Å². The molecule has 2 heterocycles. The fourth-order valence-electron chi connectivity index (χ4n) is 4.67. The summed E-state index contributed by atoms with van der Waals surface area (Å²) < 4.78 is 23.2. The fraction of sp³-hybridized carbons (Fsp3) is 0.500. The van der Waals surface area contributed by atoms with E-state index >= 15 is 0 Å². The van der Waals surface area contributed by atoms with E-state index in [9.17, 15) is 5.11 Å². The molecule has 2 aromatic carbocycles. The van der Waals surface area contributed by atoms with Gasteiger partial charge in [0.25, 0.3) is 0 Å². The molecule has 4 rings (SSSR count). The van der Waals surface area contributed by atoms with Crippen LogP contribution >= 0.6 is 0 Å². The SMILES string of the molecule is COc1ccc(CCC(O)CC2c3c(cc4c(c3OC)OCO4)CC[N+]2(C)C)cc1. The number of hydrogen-bond donors (Lipinski definition) is 1. The molecule has 0 spiro atoms. The Kier molecular flexibility index (Phi) is 5.80. The average Bonchev–Trinajstić information content (AvgIpc) is 3.21. The number of aryl methyl sites for hydroxylation is 1. The minimum Gasteiger partial charge on any atom is -0.497 e. The molecular weight excluding hydrogens is 382 g/mol. The Labute approximate surface area is 178 Å². The van der Waals surface area contributed by atoms with E-state index in [2.05, 4.69) is 32.3 Å². The van der Waals surface area contributed by atoms with Gasteiger partial charge in [-0.15, -0.1) is 0 Å². The Balaban J connectivity index is 1.54. The van der Waals surface area contributed by atoms with Crippen molar-refractivity contribution in [2.24, 2.45) is 0 Å². The molecule has 0 radical (unpaired) electrons. The molecule has 1 N–H and O–H groups in total. The summed E-state index contributed by atoms with van der Waals surface area (Å²) in [6.45, 7) is 1.23. The highest BCUT2D eigenvalue weighted by Crippen LogP contribution is 2.51. The van der Waals surface area contributed by atoms with Gasteiger partial charge in [-0.05, 0) is 42.2 Å². The predicted octanol–water partition coefficient (Wildman–Crippen LogP) is 3.49. The molecule has 0 fully saturated rings. The molecule has 0 saturated carbocycles. The maximum Gasteiger partial charge on any atom is 0.231 e. The minimum absolute atomic E-state index is 0.129. The number of hydrogen-bond acceptors (Lipinski definition) is 5. The maximum atomic E-state index is 10.9. The quantitative estimate of drug-likeness (QED) is 0.703. The number of methoxy groups -OCH3 is 2. The van der Waals surface area contributed by atoms with Crippen molar-refractivity contribution in [2.45, 2.75) is 37.8 Å². The highest BCUT2D eigenvalue weighted by molar-refractivity contribution is 5.61. The third-order valence-electron chi connectivity index (χ3n) is 6.50. The highest BCUT2D eigenvalue weighted by atomic mass is 16.7. The van der Waals surface area contributed by atoms with Gasteiger partial charge in [0.2, 0.25) is 12.5 Å². The lowest BCUT2D eigenvalue weighted by atomic mass is 9.85. The largest absolute Gasteiger partial charge is 0.497 e. The minimum atomic E-state index is -0.407. The van der Waals surface area contributed by atoms with Crippen molar-refractivity contribution in [1.82, 2.24) is 0 Å². The summed E-state index contributed by atoms with van der Waals surface area (Å²) in [6, 6.07) is 10.3. The van der Waals surface area contributed by atoms with Crippen LogP contribution in [0.5, 0.6) is 23.0 Å². The van der Waals surface area contributed by atoms with Crippen molar-refractivity contribution >= 4 is 0 Å². The highest BCUT2D eigenvalue weighted by Gasteiger charge is 2.42. The standard InChI is InChI=1S/C24H32NO5/c1-25(2)12-11-17-13-21-23(30-15-29-21)24(28-4)22(17)20(25)14-18(26)8-5-16-6-9-19(27-3)10-7-16/h6-7,9-10,13,18,20,26H,5,8,11-12,14-15H2,1-4H3/q+1. The average molecular weight is 415 g/mol. The van der Waals surface area contributed by atoms with E-state index in [0.29, 0.717) is 18.6 Å². The van der Waals surface area contributed by atoms with Gasteiger partial charge < -0.3 is 28.5 Å². The van der Waals surface area contributed by atoms with E-state index in [1.54, 1.807) is 14.2 Å². The number of quaternary nitrogens is 1. The van der Waals surface area contributed by atoms with Crippen LogP contribution in [-0.4, -0.2) is 57.3 Å². The van der Waals surface area contributed by atoms with Crippen molar-refractivity contribution in [3.8, 4) is 23.0 Å². The topological polar surface area (TPSA) is 57.2 Å². The van der Waals surface area contributed by atoms with E-state index in [1.165, 1.54) is 11.1 Å². The number of aliphatic hydroxyl groups is 1. The first-order valence-corrected chi connectivity index (χ1v) is 10.6. The molecule has 0 amide bonds. The number of aliphatic hydroxyl groups excluding tert-OH is 1. The Morgan fingerprint density at radius 2 is 1.90 bits per heavy atom. The second kappa shape index (κ2) is 8.36. The lowest BCUT2D eigenvalue weighted by molar-refractivity contribution is -0.924. The molecule has 6 nitrogen and oxygen atoms in total. The number of fused-ring (bicyclic) bond motifs is 2. The van der Waals surface area contributed by atoms with Crippen molar-refractivity contribution < 1.29 is 28.5 Å². The lowest BCUT2D eigenvalue weighted by Gasteiger charge is -2.44. The van der Waals surface area contributed by atoms with Crippen LogP contribution in [0.2, 0.25) is 0 Å². The molecule has 0 aromatic heterocycles. The molecule has 162 valence electrons. The van der Waals surface area contributed by atoms with Crippen LogP contribution in [-0.2, 0) is 12.8 Å². The third kappa shape index (κ3) is 3.94. The third-order valence-corrected chi connectivity index (χ3v) is 6.50. The summed E-state index contributed by atoms with van der Waals surface area (Å²) in [5.74, 6) is 3.06. The first-order chi connectivity index (χ1) is 14.4. The van der Waals surface area contributed by atoms with E-state index in [1.807, 2.05) is 12.1 Å². The lowest BCUT2D eigenvalue weighted by Crippen LogP contribution is -2.49. The Morgan fingerprint density at radius 1 is 1.13 bits per heavy atom. The fourth-order valence-corrected chi connectivity index (χ4v) is 4.67. The number of rotatable bonds is 7. The molecule has 0 bridgehead atoms. The molecule has 0 aliphatic carbocycles. The molecule has 30 heavy (non-hydrogen) atoms. The zero-order chi connectivity index (χ0) is 21.3. The van der Waals surface area contributed by atoms with E-state index in [0.717, 1.165) is 46.7 Å². The van der Waals surface area contributed by atoms with Gasteiger partial charge >= 0.3 is 0 Å². The van der Waals surface area contributed by atoms with E-state index in [-0.39, 0.29) is 12.8 Å².